The quantitative estimate of drug-likeness (QED) is 0.847. The van der Waals surface area contributed by atoms with E-state index >= 15 is 0 Å². The molecule has 2 N–H and O–H groups in total. The molecule has 21 heavy (non-hydrogen) atoms. The van der Waals surface area contributed by atoms with Crippen molar-refractivity contribution in [1.29, 1.82) is 0 Å². The van der Waals surface area contributed by atoms with Crippen LogP contribution in [0.25, 0.3) is 0 Å². The van der Waals surface area contributed by atoms with Crippen LogP contribution in [0.15, 0.2) is 18.2 Å². The van der Waals surface area contributed by atoms with Crippen molar-refractivity contribution in [3.63, 3.8) is 0 Å². The molecule has 6 heteroatoms. The van der Waals surface area contributed by atoms with Crippen LogP contribution in [0.5, 0.6) is 5.75 Å². The number of likely N-dealkylation sites (N-methyl/N-ethyl adjacent to an activating group) is 1. The van der Waals surface area contributed by atoms with Crippen LogP contribution in [0.4, 0.5) is 11.4 Å². The average molecular weight is 289 g/mol. The Labute approximate surface area is 123 Å². The van der Waals surface area contributed by atoms with E-state index in [9.17, 15) is 9.59 Å². The number of ether oxygens (including phenoxy) is 1. The molecule has 0 atom stereocenters. The Kier molecular flexibility index (Phi) is 3.79. The second-order valence-corrected chi connectivity index (χ2v) is 5.55. The zero-order valence-electron chi connectivity index (χ0n) is 12.0. The third-order valence-electron chi connectivity index (χ3n) is 3.74. The van der Waals surface area contributed by atoms with E-state index in [2.05, 4.69) is 10.6 Å². The third-order valence-corrected chi connectivity index (χ3v) is 3.74. The Morgan fingerprint density at radius 2 is 2.24 bits per heavy atom. The van der Waals surface area contributed by atoms with Gasteiger partial charge in [-0.05, 0) is 43.5 Å². The van der Waals surface area contributed by atoms with Crippen molar-refractivity contribution >= 4 is 23.2 Å². The van der Waals surface area contributed by atoms with Crippen LogP contribution in [0.1, 0.15) is 12.8 Å². The van der Waals surface area contributed by atoms with Gasteiger partial charge in [-0.15, -0.1) is 0 Å². The molecule has 0 saturated heterocycles. The molecule has 2 amide bonds. The van der Waals surface area contributed by atoms with Crippen LogP contribution >= 0.6 is 0 Å². The molecule has 0 bridgehead atoms. The van der Waals surface area contributed by atoms with Gasteiger partial charge in [0.1, 0.15) is 5.75 Å². The average Bonchev–Trinajstić information content (AvgIpc) is 3.28. The van der Waals surface area contributed by atoms with Gasteiger partial charge in [-0.2, -0.15) is 0 Å². The zero-order chi connectivity index (χ0) is 14.8. The first-order valence-electron chi connectivity index (χ1n) is 7.17. The molecule has 6 nitrogen and oxygen atoms in total. The second kappa shape index (κ2) is 5.73. The van der Waals surface area contributed by atoms with Crippen LogP contribution in [-0.2, 0) is 9.59 Å². The van der Waals surface area contributed by atoms with Gasteiger partial charge in [-0.25, -0.2) is 0 Å². The number of anilines is 2. The number of hydrogen-bond acceptors (Lipinski definition) is 4. The van der Waals surface area contributed by atoms with Gasteiger partial charge in [0.25, 0.3) is 5.91 Å². The maximum Gasteiger partial charge on any atom is 0.264 e. The fourth-order valence-electron chi connectivity index (χ4n) is 2.27. The molecular formula is C15H19N3O3. The normalized spacial score (nSPS) is 17.2. The van der Waals surface area contributed by atoms with Gasteiger partial charge >= 0.3 is 0 Å². The lowest BCUT2D eigenvalue weighted by Gasteiger charge is -2.26. The minimum absolute atomic E-state index is 0.0558. The van der Waals surface area contributed by atoms with Gasteiger partial charge in [0.05, 0.1) is 12.2 Å². The minimum Gasteiger partial charge on any atom is -0.482 e. The van der Waals surface area contributed by atoms with Crippen molar-refractivity contribution < 1.29 is 14.3 Å². The first-order chi connectivity index (χ1) is 10.1. The Morgan fingerprint density at radius 1 is 1.43 bits per heavy atom. The molecule has 1 aliphatic carbocycles. The fraction of sp³-hybridized carbons (Fsp3) is 0.467. The number of rotatable bonds is 5. The summed E-state index contributed by atoms with van der Waals surface area (Å²) in [7, 11) is 1.70. The summed E-state index contributed by atoms with van der Waals surface area (Å²) in [6, 6.07) is 5.30. The highest BCUT2D eigenvalue weighted by Crippen LogP contribution is 2.33. The van der Waals surface area contributed by atoms with E-state index in [0.29, 0.717) is 23.7 Å². The second-order valence-electron chi connectivity index (χ2n) is 5.55. The minimum atomic E-state index is -0.0999. The van der Waals surface area contributed by atoms with Crippen molar-refractivity contribution in [2.45, 2.75) is 12.8 Å². The number of carbonyl (C=O) groups excluding carboxylic acids is 2. The maximum absolute atomic E-state index is 11.8. The van der Waals surface area contributed by atoms with Crippen LogP contribution in [-0.4, -0.2) is 38.6 Å². The number of nitrogens with one attached hydrogen (secondary N) is 2. The lowest BCUT2D eigenvalue weighted by molar-refractivity contribution is -0.121. The topological polar surface area (TPSA) is 70.7 Å². The summed E-state index contributed by atoms with van der Waals surface area (Å²) >= 11 is 0. The van der Waals surface area contributed by atoms with Gasteiger partial charge in [0, 0.05) is 12.7 Å². The van der Waals surface area contributed by atoms with E-state index in [0.717, 1.165) is 12.5 Å². The first kappa shape index (κ1) is 13.9. The number of nitrogens with zero attached hydrogens (tertiary/aromatic N) is 1. The molecule has 0 aromatic heterocycles. The molecular weight excluding hydrogens is 270 g/mol. The fourth-order valence-corrected chi connectivity index (χ4v) is 2.27. The molecule has 0 spiro atoms. The molecule has 112 valence electrons. The Hall–Kier alpha value is -2.08. The Bertz CT molecular complexity index is 569. The maximum atomic E-state index is 11.8. The lowest BCUT2D eigenvalue weighted by Crippen LogP contribution is -2.35. The number of fused-ring (bicyclic) bond motifs is 1. The van der Waals surface area contributed by atoms with E-state index in [1.54, 1.807) is 30.1 Å². The molecule has 2 aliphatic rings. The van der Waals surface area contributed by atoms with Crippen molar-refractivity contribution in [3.8, 4) is 5.75 Å². The molecule has 1 aromatic carbocycles. The summed E-state index contributed by atoms with van der Waals surface area (Å²) < 4.78 is 5.35. The van der Waals surface area contributed by atoms with E-state index in [1.165, 1.54) is 12.8 Å². The molecule has 1 saturated carbocycles. The summed E-state index contributed by atoms with van der Waals surface area (Å²) in [4.78, 5) is 25.0. The molecule has 0 unspecified atom stereocenters. The summed E-state index contributed by atoms with van der Waals surface area (Å²) in [6.07, 6.45) is 2.53. The first-order valence-corrected chi connectivity index (χ1v) is 7.17. The third kappa shape index (κ3) is 3.33. The smallest absolute Gasteiger partial charge is 0.264 e. The Balaban J connectivity index is 1.60. The van der Waals surface area contributed by atoms with Gasteiger partial charge in [-0.1, -0.05) is 0 Å². The largest absolute Gasteiger partial charge is 0.482 e. The van der Waals surface area contributed by atoms with Crippen LogP contribution < -0.4 is 20.3 Å². The molecule has 1 aliphatic heterocycles. The van der Waals surface area contributed by atoms with Crippen molar-refractivity contribution in [2.75, 3.05) is 37.0 Å². The molecule has 1 heterocycles. The highest BCUT2D eigenvalue weighted by molar-refractivity contribution is 5.99. The van der Waals surface area contributed by atoms with Crippen LogP contribution in [0.3, 0.4) is 0 Å². The molecule has 0 radical (unpaired) electrons. The monoisotopic (exact) mass is 289 g/mol. The number of benzene rings is 1. The van der Waals surface area contributed by atoms with Gasteiger partial charge < -0.3 is 20.3 Å². The SMILES string of the molecule is CN1C(=O)COc2ccc(NC(=O)CNCC3CC3)cc21. The van der Waals surface area contributed by atoms with Gasteiger partial charge in [-0.3, -0.25) is 9.59 Å². The highest BCUT2D eigenvalue weighted by atomic mass is 16.5. The number of amides is 2. The van der Waals surface area contributed by atoms with E-state index < -0.39 is 0 Å². The van der Waals surface area contributed by atoms with E-state index in [1.807, 2.05) is 0 Å². The molecule has 1 fully saturated rings. The predicted octanol–water partition coefficient (Wildman–Crippen LogP) is 0.980. The lowest BCUT2D eigenvalue weighted by atomic mass is 10.2. The predicted molar refractivity (Wildman–Crippen MR) is 79.6 cm³/mol. The Morgan fingerprint density at radius 3 is 3.00 bits per heavy atom. The van der Waals surface area contributed by atoms with Crippen molar-refractivity contribution in [1.82, 2.24) is 5.32 Å². The summed E-state index contributed by atoms with van der Waals surface area (Å²) in [5.41, 5.74) is 1.34. The van der Waals surface area contributed by atoms with Gasteiger partial charge in [0.15, 0.2) is 6.61 Å². The summed E-state index contributed by atoms with van der Waals surface area (Å²) in [6.45, 7) is 1.27. The summed E-state index contributed by atoms with van der Waals surface area (Å²) in [5.74, 6) is 1.22. The van der Waals surface area contributed by atoms with Crippen molar-refractivity contribution in [2.24, 2.45) is 5.92 Å². The zero-order valence-corrected chi connectivity index (χ0v) is 12.0. The number of carbonyl (C=O) groups is 2. The van der Waals surface area contributed by atoms with Crippen molar-refractivity contribution in [3.05, 3.63) is 18.2 Å². The standard InChI is InChI=1S/C15H19N3O3/c1-18-12-6-11(4-5-13(12)21-9-15(18)20)17-14(19)8-16-7-10-2-3-10/h4-6,10,16H,2-3,7-9H2,1H3,(H,17,19). The molecule has 1 aromatic rings. The summed E-state index contributed by atoms with van der Waals surface area (Å²) in [5, 5.41) is 5.97. The van der Waals surface area contributed by atoms with E-state index in [-0.39, 0.29) is 18.4 Å². The highest BCUT2D eigenvalue weighted by Gasteiger charge is 2.23. The number of hydrogen-bond donors (Lipinski definition) is 2. The van der Waals surface area contributed by atoms with Gasteiger partial charge in [0.2, 0.25) is 5.91 Å². The van der Waals surface area contributed by atoms with Crippen LogP contribution in [0.2, 0.25) is 0 Å². The van der Waals surface area contributed by atoms with E-state index in [4.69, 9.17) is 4.74 Å². The van der Waals surface area contributed by atoms with Crippen LogP contribution in [0, 0.1) is 5.92 Å². The molecule has 3 rings (SSSR count).